The Labute approximate surface area is 187 Å². The Morgan fingerprint density at radius 2 is 1.75 bits per heavy atom. The van der Waals surface area contributed by atoms with Crippen LogP contribution >= 0.6 is 0 Å². The maximum absolute atomic E-state index is 12.8. The second kappa shape index (κ2) is 8.70. The topological polar surface area (TPSA) is 78.3 Å². The molecule has 0 fully saturated rings. The van der Waals surface area contributed by atoms with Crippen molar-refractivity contribution < 1.29 is 14.3 Å². The maximum atomic E-state index is 12.8. The van der Waals surface area contributed by atoms with Gasteiger partial charge in [0.05, 0.1) is 31.9 Å². The summed E-state index contributed by atoms with van der Waals surface area (Å²) < 4.78 is 12.3. The third-order valence-corrected chi connectivity index (χ3v) is 5.36. The van der Waals surface area contributed by atoms with Crippen molar-refractivity contribution in [3.05, 3.63) is 70.9 Å². The van der Waals surface area contributed by atoms with Gasteiger partial charge >= 0.3 is 0 Å². The Balaban J connectivity index is 1.63. The van der Waals surface area contributed by atoms with Crippen LogP contribution in [-0.4, -0.2) is 34.9 Å². The number of carbonyl (C=O) groups excluding carboxylic acids is 1. The van der Waals surface area contributed by atoms with Crippen molar-refractivity contribution >= 4 is 22.6 Å². The van der Waals surface area contributed by atoms with Crippen LogP contribution in [0.1, 0.15) is 22.4 Å². The number of aryl methyl sites for hydroxylation is 3. The molecule has 0 aliphatic heterocycles. The summed E-state index contributed by atoms with van der Waals surface area (Å²) in [5, 5.41) is 8.66. The highest BCUT2D eigenvalue weighted by molar-refractivity contribution is 5.92. The van der Waals surface area contributed by atoms with E-state index in [1.54, 1.807) is 31.0 Å². The molecule has 32 heavy (non-hydrogen) atoms. The molecular weight excluding hydrogens is 404 g/mol. The lowest BCUT2D eigenvalue weighted by Gasteiger charge is -2.12. The number of hydrogen-bond acceptors (Lipinski definition) is 5. The molecule has 2 aromatic carbocycles. The Kier molecular flexibility index (Phi) is 5.81. The molecule has 0 saturated heterocycles. The van der Waals surface area contributed by atoms with Crippen LogP contribution in [0.15, 0.2) is 48.5 Å². The number of anilines is 1. The Hall–Kier alpha value is -3.87. The van der Waals surface area contributed by atoms with Gasteiger partial charge in [-0.15, -0.1) is 0 Å². The van der Waals surface area contributed by atoms with Crippen LogP contribution in [0.2, 0.25) is 0 Å². The number of fused-ring (bicyclic) bond motifs is 1. The van der Waals surface area contributed by atoms with Gasteiger partial charge in [0.25, 0.3) is 0 Å². The summed E-state index contributed by atoms with van der Waals surface area (Å²) in [4.78, 5) is 17.6. The van der Waals surface area contributed by atoms with Crippen molar-refractivity contribution in [2.75, 3.05) is 19.5 Å². The molecule has 0 bridgehead atoms. The van der Waals surface area contributed by atoms with Crippen molar-refractivity contribution in [3.8, 4) is 17.3 Å². The smallest absolute Gasteiger partial charge is 0.229 e. The third-order valence-electron chi connectivity index (χ3n) is 5.36. The number of para-hydroxylation sites is 1. The van der Waals surface area contributed by atoms with Gasteiger partial charge in [0.1, 0.15) is 5.82 Å². The molecule has 7 heteroatoms. The number of aromatic nitrogens is 3. The zero-order chi connectivity index (χ0) is 22.8. The summed E-state index contributed by atoms with van der Waals surface area (Å²) in [5.74, 6) is 2.29. The van der Waals surface area contributed by atoms with E-state index >= 15 is 0 Å². The fraction of sp³-hybridized carbons (Fsp3) is 0.240. The highest BCUT2D eigenvalue weighted by atomic mass is 16.5. The first-order chi connectivity index (χ1) is 15.4. The highest BCUT2D eigenvalue weighted by Gasteiger charge is 2.15. The number of nitrogens with zero attached hydrogens (tertiary/aromatic N) is 3. The SMILES string of the molecule is COc1ccc(CC(=O)Nc2cc(C)nn2-c2cc(C)c3cccc(C)c3n2)cc1OC. The predicted molar refractivity (Wildman–Crippen MR) is 125 cm³/mol. The van der Waals surface area contributed by atoms with Gasteiger partial charge in [-0.3, -0.25) is 4.79 Å². The predicted octanol–water partition coefficient (Wildman–Crippen LogP) is 4.54. The first kappa shape index (κ1) is 21.4. The molecule has 4 aromatic rings. The standard InChI is InChI=1S/C25H26N4O3/c1-15-7-6-8-19-16(2)11-22(27-25(15)19)29-23(12-17(3)28-29)26-24(30)14-18-9-10-20(31-4)21(13-18)32-5/h6-13H,14H2,1-5H3,(H,26,30). The van der Waals surface area contributed by atoms with E-state index in [-0.39, 0.29) is 12.3 Å². The molecule has 1 amide bonds. The normalized spacial score (nSPS) is 10.9. The van der Waals surface area contributed by atoms with Gasteiger partial charge in [0, 0.05) is 11.5 Å². The first-order valence-electron chi connectivity index (χ1n) is 10.3. The average molecular weight is 431 g/mol. The van der Waals surface area contributed by atoms with Crippen LogP contribution in [0.3, 0.4) is 0 Å². The number of pyridine rings is 1. The molecule has 164 valence electrons. The molecule has 0 atom stereocenters. The lowest BCUT2D eigenvalue weighted by molar-refractivity contribution is -0.115. The van der Waals surface area contributed by atoms with Crippen molar-refractivity contribution in [1.29, 1.82) is 0 Å². The van der Waals surface area contributed by atoms with E-state index in [4.69, 9.17) is 14.5 Å². The van der Waals surface area contributed by atoms with Gasteiger partial charge in [-0.25, -0.2) is 4.98 Å². The minimum absolute atomic E-state index is 0.160. The second-order valence-electron chi connectivity index (χ2n) is 7.77. The number of hydrogen-bond donors (Lipinski definition) is 1. The van der Waals surface area contributed by atoms with Crippen molar-refractivity contribution in [3.63, 3.8) is 0 Å². The Bertz CT molecular complexity index is 1310. The van der Waals surface area contributed by atoms with Gasteiger partial charge in [-0.1, -0.05) is 24.3 Å². The maximum Gasteiger partial charge on any atom is 0.229 e. The molecule has 0 saturated carbocycles. The summed E-state index contributed by atoms with van der Waals surface area (Å²) in [6.45, 7) is 5.98. The van der Waals surface area contributed by atoms with Crippen LogP contribution in [0.25, 0.3) is 16.7 Å². The van der Waals surface area contributed by atoms with E-state index in [2.05, 4.69) is 23.4 Å². The monoisotopic (exact) mass is 430 g/mol. The largest absolute Gasteiger partial charge is 0.493 e. The van der Waals surface area contributed by atoms with Crippen molar-refractivity contribution in [2.24, 2.45) is 0 Å². The van der Waals surface area contributed by atoms with Gasteiger partial charge in [0.15, 0.2) is 17.3 Å². The summed E-state index contributed by atoms with van der Waals surface area (Å²) in [5.41, 5.74) is 4.73. The first-order valence-corrected chi connectivity index (χ1v) is 10.3. The number of rotatable bonds is 6. The summed E-state index contributed by atoms with van der Waals surface area (Å²) >= 11 is 0. The van der Waals surface area contributed by atoms with E-state index in [9.17, 15) is 4.79 Å². The van der Waals surface area contributed by atoms with Crippen molar-refractivity contribution in [1.82, 2.24) is 14.8 Å². The molecule has 0 unspecified atom stereocenters. The fourth-order valence-corrected chi connectivity index (χ4v) is 3.78. The van der Waals surface area contributed by atoms with E-state index in [1.165, 1.54) is 0 Å². The molecule has 0 spiro atoms. The number of ether oxygens (including phenoxy) is 2. The van der Waals surface area contributed by atoms with E-state index < -0.39 is 0 Å². The molecule has 0 aliphatic carbocycles. The summed E-state index contributed by atoms with van der Waals surface area (Å²) in [6.07, 6.45) is 0.188. The molecule has 2 aromatic heterocycles. The minimum atomic E-state index is -0.160. The van der Waals surface area contributed by atoms with Crippen LogP contribution in [-0.2, 0) is 11.2 Å². The number of nitrogens with one attached hydrogen (secondary N) is 1. The summed E-state index contributed by atoms with van der Waals surface area (Å²) in [6, 6.07) is 15.4. The van der Waals surface area contributed by atoms with E-state index in [0.717, 1.165) is 33.3 Å². The molecule has 4 rings (SSSR count). The lowest BCUT2D eigenvalue weighted by Crippen LogP contribution is -2.17. The fourth-order valence-electron chi connectivity index (χ4n) is 3.78. The quantitative estimate of drug-likeness (QED) is 0.486. The number of benzene rings is 2. The molecule has 2 heterocycles. The lowest BCUT2D eigenvalue weighted by atomic mass is 10.1. The number of methoxy groups -OCH3 is 2. The zero-order valence-corrected chi connectivity index (χ0v) is 18.9. The number of amides is 1. The summed E-state index contributed by atoms with van der Waals surface area (Å²) in [7, 11) is 3.15. The van der Waals surface area contributed by atoms with Gasteiger partial charge < -0.3 is 14.8 Å². The van der Waals surface area contributed by atoms with Crippen LogP contribution in [0, 0.1) is 20.8 Å². The average Bonchev–Trinajstić information content (AvgIpc) is 3.14. The molecule has 7 nitrogen and oxygen atoms in total. The van der Waals surface area contributed by atoms with Gasteiger partial charge in [-0.2, -0.15) is 9.78 Å². The zero-order valence-electron chi connectivity index (χ0n) is 18.9. The van der Waals surface area contributed by atoms with Crippen LogP contribution < -0.4 is 14.8 Å². The van der Waals surface area contributed by atoms with E-state index in [1.807, 2.05) is 44.2 Å². The van der Waals surface area contributed by atoms with Gasteiger partial charge in [0.2, 0.25) is 5.91 Å². The number of carbonyl (C=O) groups is 1. The second-order valence-corrected chi connectivity index (χ2v) is 7.77. The van der Waals surface area contributed by atoms with Crippen LogP contribution in [0.5, 0.6) is 11.5 Å². The highest BCUT2D eigenvalue weighted by Crippen LogP contribution is 2.28. The Morgan fingerprint density at radius 1 is 0.969 bits per heavy atom. The van der Waals surface area contributed by atoms with Gasteiger partial charge in [-0.05, 0) is 55.7 Å². The molecule has 0 radical (unpaired) electrons. The molecule has 0 aliphatic rings. The van der Waals surface area contributed by atoms with E-state index in [0.29, 0.717) is 23.1 Å². The Morgan fingerprint density at radius 3 is 2.50 bits per heavy atom. The van der Waals surface area contributed by atoms with Crippen molar-refractivity contribution in [2.45, 2.75) is 27.2 Å². The molecule has 1 N–H and O–H groups in total. The third kappa shape index (κ3) is 4.14. The van der Waals surface area contributed by atoms with Crippen LogP contribution in [0.4, 0.5) is 5.82 Å². The minimum Gasteiger partial charge on any atom is -0.493 e. The molecular formula is C25H26N4O3.